The minimum Gasteiger partial charge on any atom is -0.481 e. The van der Waals surface area contributed by atoms with Crippen LogP contribution in [0, 0.1) is 0 Å². The Bertz CT molecular complexity index is 3580. The zero-order valence-electron chi connectivity index (χ0n) is 74.9. The number of aliphatic carboxylic acids is 1. The van der Waals surface area contributed by atoms with Crippen LogP contribution in [-0.2, 0) is 43.3 Å². The Morgan fingerprint density at radius 2 is 0.578 bits per heavy atom. The number of carboxylic acids is 1. The number of nitrogens with zero attached hydrogens (tertiary/aromatic N) is 2. The highest BCUT2D eigenvalue weighted by Gasteiger charge is 2.10. The van der Waals surface area contributed by atoms with Crippen LogP contribution in [0.2, 0.25) is 0 Å². The van der Waals surface area contributed by atoms with Gasteiger partial charge in [-0.2, -0.15) is 0 Å². The van der Waals surface area contributed by atoms with Gasteiger partial charge in [0.05, 0.1) is 20.4 Å². The second kappa shape index (κ2) is 73.0. The van der Waals surface area contributed by atoms with Crippen molar-refractivity contribution in [1.29, 1.82) is 0 Å². The van der Waals surface area contributed by atoms with Crippen molar-refractivity contribution < 1.29 is 14.7 Å². The summed E-state index contributed by atoms with van der Waals surface area (Å²) in [7, 11) is 0. The van der Waals surface area contributed by atoms with Gasteiger partial charge in [0, 0.05) is 34.3 Å². The van der Waals surface area contributed by atoms with E-state index < -0.39 is 5.97 Å². The van der Waals surface area contributed by atoms with Crippen molar-refractivity contribution in [3.8, 4) is 10.6 Å². The molecule has 11 heteroatoms. The number of rotatable bonds is 60. The Kier molecular flexibility index (Phi) is 65.5. The normalized spacial score (nSPS) is 10.9. The number of thiazole rings is 2. The molecule has 8 rings (SSSR count). The van der Waals surface area contributed by atoms with E-state index in [0.717, 1.165) is 63.9 Å². The molecule has 2 heterocycles. The standard InChI is InChI=1S/C33H49NS.C19H30N2S.C18H31NS.C18H31N.C15H22O.C2H4O2/c1-3-5-7-9-11-12-13-14-16-18-20-29-23-26-31-32(27-29)35-33(34-31)30-24-21-28(22-25-30)19-17-15-10-8-6-4-2;1-2-3-4-5-6-7-8-9-10-11-12-16-13-14-17-18(15-16)22-19(20)21-17;1-2-3-4-5-6-7-8-9-10-11-12-16-13-14-17(19)18(20)15-16;1-2-3-4-5-6-7-8-9-10-11-12-17-13-15-18(19)16-14-17;1-2-3-4-5-6-7-8-14-9-11-15(13-16)12-10-14;1-2(3)4/h21-27H,3-20H2,1-2H3;13-15H,2-12H2,1H3,(H2,20,21);13-15,20H,2-12,19H2,1H3;13-16H,2-12,19H2,1H3;9-13H,2-8H2,1H3;1H3,(H,3,4). The third-order valence-electron chi connectivity index (χ3n) is 22.2. The molecule has 8 nitrogen and oxygen atoms in total. The predicted octanol–water partition coefficient (Wildman–Crippen LogP) is 33.9. The number of carboxylic acid groups (broad SMARTS) is 1. The number of unbranched alkanes of at least 4 members (excludes halogenated alkanes) is 46. The van der Waals surface area contributed by atoms with Gasteiger partial charge in [0.25, 0.3) is 5.97 Å². The molecule has 0 saturated carbocycles. The first kappa shape index (κ1) is 104. The molecule has 116 heavy (non-hydrogen) atoms. The molecule has 8 aromatic rings. The van der Waals surface area contributed by atoms with Crippen LogP contribution >= 0.6 is 35.3 Å². The number of nitrogens with two attached hydrogens (primary N) is 3. The van der Waals surface area contributed by atoms with Gasteiger partial charge in [-0.3, -0.25) is 9.59 Å². The lowest BCUT2D eigenvalue weighted by Crippen LogP contribution is -1.91. The fraction of sp³-hybridized carbons (Fsp3) is 0.619. The van der Waals surface area contributed by atoms with Crippen LogP contribution in [0.4, 0.5) is 16.5 Å². The molecule has 0 fully saturated rings. The highest BCUT2D eigenvalue weighted by Crippen LogP contribution is 2.33. The van der Waals surface area contributed by atoms with E-state index in [-0.39, 0.29) is 0 Å². The van der Waals surface area contributed by atoms with E-state index in [4.69, 9.17) is 32.1 Å². The van der Waals surface area contributed by atoms with Crippen molar-refractivity contribution in [2.24, 2.45) is 0 Å². The largest absolute Gasteiger partial charge is 0.481 e. The molecule has 0 radical (unpaired) electrons. The summed E-state index contributed by atoms with van der Waals surface area (Å²) < 4.78 is 2.56. The molecule has 0 aliphatic carbocycles. The second-order valence-electron chi connectivity index (χ2n) is 33.1. The number of carbonyl (C=O) groups is 2. The smallest absolute Gasteiger partial charge is 0.300 e. The van der Waals surface area contributed by atoms with Crippen LogP contribution in [0.25, 0.3) is 31.0 Å². The van der Waals surface area contributed by atoms with Crippen molar-refractivity contribution in [1.82, 2.24) is 9.97 Å². The topological polar surface area (TPSA) is 158 Å². The van der Waals surface area contributed by atoms with E-state index in [1.165, 1.54) is 408 Å². The molecule has 0 atom stereocenters. The molecular weight excluding hydrogens is 1480 g/mol. The molecule has 0 spiro atoms. The first-order valence-electron chi connectivity index (χ1n) is 47.5. The number of aryl methyl sites for hydroxylation is 6. The van der Waals surface area contributed by atoms with Crippen molar-refractivity contribution in [2.45, 2.75) is 426 Å². The number of aromatic nitrogens is 2. The van der Waals surface area contributed by atoms with Gasteiger partial charge in [-0.25, -0.2) is 9.97 Å². The summed E-state index contributed by atoms with van der Waals surface area (Å²) >= 11 is 7.81. The minimum absolute atomic E-state index is 0.672. The van der Waals surface area contributed by atoms with E-state index >= 15 is 0 Å². The maximum Gasteiger partial charge on any atom is 0.300 e. The molecule has 0 aliphatic rings. The molecule has 2 aromatic heterocycles. The number of hydrogen-bond acceptors (Lipinski definition) is 10. The summed E-state index contributed by atoms with van der Waals surface area (Å²) in [5.41, 5.74) is 31.6. The minimum atomic E-state index is -0.833. The van der Waals surface area contributed by atoms with Gasteiger partial charge in [-0.15, -0.1) is 24.0 Å². The maximum atomic E-state index is 10.5. The zero-order chi connectivity index (χ0) is 83.8. The average Bonchev–Trinajstić information content (AvgIpc) is 1.67. The summed E-state index contributed by atoms with van der Waals surface area (Å²) in [6, 6.07) is 45.1. The number of nitrogen functional groups attached to an aromatic ring is 3. The number of anilines is 3. The Hall–Kier alpha value is -6.01. The van der Waals surface area contributed by atoms with Crippen LogP contribution in [0.15, 0.2) is 132 Å². The molecule has 0 unspecified atom stereocenters. The van der Waals surface area contributed by atoms with E-state index in [1.807, 2.05) is 41.7 Å². The summed E-state index contributed by atoms with van der Waals surface area (Å²) in [5.74, 6) is -0.833. The quantitative estimate of drug-likeness (QED) is 0.0109. The van der Waals surface area contributed by atoms with Gasteiger partial charge in [0.2, 0.25) is 0 Å². The molecule has 7 N–H and O–H groups in total. The van der Waals surface area contributed by atoms with Gasteiger partial charge in [0.15, 0.2) is 5.13 Å². The monoisotopic (exact) mass is 1640 g/mol. The fourth-order valence-electron chi connectivity index (χ4n) is 14.9. The summed E-state index contributed by atoms with van der Waals surface area (Å²) in [6.07, 6.45) is 80.1. The van der Waals surface area contributed by atoms with Gasteiger partial charge < -0.3 is 22.3 Å². The average molecular weight is 1640 g/mol. The molecule has 0 amide bonds. The molecule has 0 bridgehead atoms. The summed E-state index contributed by atoms with van der Waals surface area (Å²) in [4.78, 5) is 29.6. The number of benzene rings is 6. The Morgan fingerprint density at radius 1 is 0.328 bits per heavy atom. The first-order chi connectivity index (χ1) is 56.7. The van der Waals surface area contributed by atoms with Crippen LogP contribution in [0.5, 0.6) is 0 Å². The van der Waals surface area contributed by atoms with E-state index in [0.29, 0.717) is 5.13 Å². The lowest BCUT2D eigenvalue weighted by Gasteiger charge is -2.05. The van der Waals surface area contributed by atoms with E-state index in [9.17, 15) is 4.79 Å². The molecule has 0 saturated heterocycles. The molecule has 6 aromatic carbocycles. The number of thiol groups is 1. The lowest BCUT2D eigenvalue weighted by molar-refractivity contribution is -0.134. The molecular formula is C105H167N5O3S3. The van der Waals surface area contributed by atoms with Crippen molar-refractivity contribution in [2.75, 3.05) is 17.2 Å². The van der Waals surface area contributed by atoms with Crippen LogP contribution in [0.1, 0.15) is 426 Å². The highest BCUT2D eigenvalue weighted by atomic mass is 32.1. The number of aldehydes is 1. The van der Waals surface area contributed by atoms with Gasteiger partial charge in [-0.05, 0) is 159 Å². The SMILES string of the molecule is CC(=O)O.CCCCCCCCCCCCc1ccc(N)c(S)c1.CCCCCCCCCCCCc1ccc(N)cc1.CCCCCCCCCCCCc1ccc2nc(-c3ccc(CCCCCCCC)cc3)sc2c1.CCCCCCCCCCCCc1ccc2nc(N)sc2c1.CCCCCCCCc1ccc(C=O)cc1. The van der Waals surface area contributed by atoms with Gasteiger partial charge in [0.1, 0.15) is 11.3 Å². The number of carbonyl (C=O) groups excluding carboxylic acids is 1. The zero-order valence-corrected chi connectivity index (χ0v) is 77.4. The van der Waals surface area contributed by atoms with Gasteiger partial charge >= 0.3 is 0 Å². The molecule has 0 aliphatic heterocycles. The van der Waals surface area contributed by atoms with E-state index in [1.54, 1.807) is 11.3 Å². The lowest BCUT2D eigenvalue weighted by atomic mass is 10.0. The Morgan fingerprint density at radius 3 is 0.888 bits per heavy atom. The summed E-state index contributed by atoms with van der Waals surface area (Å²) in [5, 5.41) is 9.24. The summed E-state index contributed by atoms with van der Waals surface area (Å²) in [6.45, 7) is 14.7. The fourth-order valence-corrected chi connectivity index (χ4v) is 17.0. The van der Waals surface area contributed by atoms with Crippen molar-refractivity contribution in [3.63, 3.8) is 0 Å². The number of fused-ring (bicyclic) bond motifs is 2. The second-order valence-corrected chi connectivity index (χ2v) is 35.7. The van der Waals surface area contributed by atoms with Crippen LogP contribution < -0.4 is 17.2 Å². The third kappa shape index (κ3) is 55.7. The maximum absolute atomic E-state index is 10.5. The van der Waals surface area contributed by atoms with Crippen LogP contribution in [-0.4, -0.2) is 27.3 Å². The van der Waals surface area contributed by atoms with Crippen LogP contribution in [0.3, 0.4) is 0 Å². The van der Waals surface area contributed by atoms with Crippen molar-refractivity contribution >= 4 is 84.5 Å². The number of hydrogen-bond donors (Lipinski definition) is 5. The molecule has 648 valence electrons. The van der Waals surface area contributed by atoms with E-state index in [2.05, 4.69) is 156 Å². The van der Waals surface area contributed by atoms with Crippen molar-refractivity contribution in [3.05, 3.63) is 166 Å². The Labute approximate surface area is 724 Å². The highest BCUT2D eigenvalue weighted by molar-refractivity contribution is 7.80. The predicted molar refractivity (Wildman–Crippen MR) is 520 cm³/mol. The first-order valence-corrected chi connectivity index (χ1v) is 49.6. The third-order valence-corrected chi connectivity index (χ3v) is 24.5. The Balaban J connectivity index is 0.000000381. The van der Waals surface area contributed by atoms with Gasteiger partial charge in [-0.1, -0.05) is 427 Å².